The minimum absolute atomic E-state index is 0.137. The molecule has 3 rings (SSSR count). The van der Waals surface area contributed by atoms with Crippen LogP contribution in [-0.4, -0.2) is 25.5 Å². The number of hydrogen-bond donors (Lipinski definition) is 1. The molecule has 24 heavy (non-hydrogen) atoms. The van der Waals surface area contributed by atoms with Crippen LogP contribution in [0.1, 0.15) is 28.8 Å². The highest BCUT2D eigenvalue weighted by Crippen LogP contribution is 2.23. The molecule has 5 heteroatoms. The Bertz CT molecular complexity index is 710. The molecule has 0 spiro atoms. The molecule has 1 amide bonds. The minimum atomic E-state index is -0.137. The summed E-state index contributed by atoms with van der Waals surface area (Å²) in [5, 5.41) is 3.75. The average molecular weight is 363 g/mol. The van der Waals surface area contributed by atoms with E-state index in [1.165, 1.54) is 24.1 Å². The molecule has 0 unspecified atom stereocenters. The summed E-state index contributed by atoms with van der Waals surface area (Å²) in [6.07, 6.45) is 3.36. The predicted molar refractivity (Wildman–Crippen MR) is 100 cm³/mol. The van der Waals surface area contributed by atoms with Crippen LogP contribution in [0.5, 0.6) is 0 Å². The Morgan fingerprint density at radius 1 is 1.00 bits per heavy atom. The molecule has 0 bridgehead atoms. The van der Waals surface area contributed by atoms with E-state index in [2.05, 4.69) is 34.5 Å². The van der Waals surface area contributed by atoms with Crippen LogP contribution in [0.4, 0.5) is 5.69 Å². The number of nitrogens with one attached hydrogen (secondary N) is 1. The van der Waals surface area contributed by atoms with Gasteiger partial charge in [0.25, 0.3) is 5.91 Å². The van der Waals surface area contributed by atoms with Gasteiger partial charge in [-0.25, -0.2) is 0 Å². The van der Waals surface area contributed by atoms with Crippen molar-refractivity contribution in [1.82, 2.24) is 5.32 Å². The Labute approximate surface area is 152 Å². The van der Waals surface area contributed by atoms with Crippen molar-refractivity contribution in [2.45, 2.75) is 19.3 Å². The smallest absolute Gasteiger partial charge is 0.251 e. The average Bonchev–Trinajstić information content (AvgIpc) is 3.12. The Kier molecular flexibility index (Phi) is 5.64. The van der Waals surface area contributed by atoms with Crippen LogP contribution in [0.2, 0.25) is 10.0 Å². The van der Waals surface area contributed by atoms with Crippen molar-refractivity contribution in [3.63, 3.8) is 0 Å². The molecule has 1 fully saturated rings. The van der Waals surface area contributed by atoms with Gasteiger partial charge in [0.15, 0.2) is 0 Å². The molecule has 2 aromatic rings. The van der Waals surface area contributed by atoms with Crippen molar-refractivity contribution in [3.8, 4) is 0 Å². The quantitative estimate of drug-likeness (QED) is 0.844. The van der Waals surface area contributed by atoms with E-state index in [0.29, 0.717) is 22.2 Å². The normalized spacial score (nSPS) is 14.0. The second-order valence-electron chi connectivity index (χ2n) is 6.00. The number of hydrogen-bond acceptors (Lipinski definition) is 2. The van der Waals surface area contributed by atoms with E-state index in [0.717, 1.165) is 19.5 Å². The Balaban J connectivity index is 1.50. The van der Waals surface area contributed by atoms with Gasteiger partial charge >= 0.3 is 0 Å². The fraction of sp³-hybridized carbons (Fsp3) is 0.316. The number of carbonyl (C=O) groups excluding carboxylic acids is 1. The van der Waals surface area contributed by atoms with Crippen molar-refractivity contribution in [3.05, 3.63) is 63.6 Å². The second kappa shape index (κ2) is 7.91. The first-order valence-electron chi connectivity index (χ1n) is 8.20. The van der Waals surface area contributed by atoms with Gasteiger partial charge in [0.1, 0.15) is 0 Å². The maximum atomic E-state index is 12.1. The lowest BCUT2D eigenvalue weighted by Gasteiger charge is -2.17. The fourth-order valence-electron chi connectivity index (χ4n) is 2.91. The third kappa shape index (κ3) is 4.22. The van der Waals surface area contributed by atoms with E-state index in [1.54, 1.807) is 18.2 Å². The van der Waals surface area contributed by atoms with Gasteiger partial charge in [-0.3, -0.25) is 4.79 Å². The molecular formula is C19H20Cl2N2O. The van der Waals surface area contributed by atoms with Gasteiger partial charge in [0.2, 0.25) is 0 Å². The molecule has 0 radical (unpaired) electrons. The highest BCUT2D eigenvalue weighted by Gasteiger charge is 2.12. The van der Waals surface area contributed by atoms with E-state index in [4.69, 9.17) is 23.2 Å². The number of anilines is 1. The third-order valence-electron chi connectivity index (χ3n) is 4.29. The van der Waals surface area contributed by atoms with Gasteiger partial charge < -0.3 is 10.2 Å². The maximum absolute atomic E-state index is 12.1. The fourth-order valence-corrected chi connectivity index (χ4v) is 3.21. The van der Waals surface area contributed by atoms with Crippen LogP contribution in [0.3, 0.4) is 0 Å². The van der Waals surface area contributed by atoms with Gasteiger partial charge in [-0.05, 0) is 55.2 Å². The van der Waals surface area contributed by atoms with Crippen molar-refractivity contribution >= 4 is 34.8 Å². The SMILES string of the molecule is O=C(NCCc1ccc(N2CCCC2)cc1)c1ccc(Cl)c(Cl)c1. The number of rotatable bonds is 5. The van der Waals surface area contributed by atoms with Crippen molar-refractivity contribution < 1.29 is 4.79 Å². The standard InChI is InChI=1S/C19H20Cl2N2O/c20-17-8-5-15(13-18(17)21)19(24)22-10-9-14-3-6-16(7-4-14)23-11-1-2-12-23/h3-8,13H,1-2,9-12H2,(H,22,24). The molecule has 1 saturated heterocycles. The molecule has 0 aromatic heterocycles. The number of benzene rings is 2. The zero-order valence-corrected chi connectivity index (χ0v) is 14.9. The number of carbonyl (C=O) groups is 1. The summed E-state index contributed by atoms with van der Waals surface area (Å²) in [6.45, 7) is 2.89. The van der Waals surface area contributed by atoms with Gasteiger partial charge in [0.05, 0.1) is 10.0 Å². The van der Waals surface area contributed by atoms with Crippen molar-refractivity contribution in [2.24, 2.45) is 0 Å². The van der Waals surface area contributed by atoms with Crippen LogP contribution in [-0.2, 0) is 6.42 Å². The number of nitrogens with zero attached hydrogens (tertiary/aromatic N) is 1. The number of halogens is 2. The Morgan fingerprint density at radius 2 is 1.71 bits per heavy atom. The summed E-state index contributed by atoms with van der Waals surface area (Å²) in [5.74, 6) is -0.137. The van der Waals surface area contributed by atoms with Crippen LogP contribution in [0, 0.1) is 0 Å². The van der Waals surface area contributed by atoms with Crippen LogP contribution >= 0.6 is 23.2 Å². The second-order valence-corrected chi connectivity index (χ2v) is 6.81. The summed E-state index contributed by atoms with van der Waals surface area (Å²) < 4.78 is 0. The van der Waals surface area contributed by atoms with E-state index in [9.17, 15) is 4.79 Å². The first kappa shape index (κ1) is 17.1. The first-order chi connectivity index (χ1) is 11.6. The predicted octanol–water partition coefficient (Wildman–Crippen LogP) is 4.57. The summed E-state index contributed by atoms with van der Waals surface area (Å²) >= 11 is 11.8. The van der Waals surface area contributed by atoms with E-state index in [-0.39, 0.29) is 5.91 Å². The molecule has 0 saturated carbocycles. The first-order valence-corrected chi connectivity index (χ1v) is 8.96. The summed E-state index contributed by atoms with van der Waals surface area (Å²) in [7, 11) is 0. The van der Waals surface area contributed by atoms with E-state index >= 15 is 0 Å². The largest absolute Gasteiger partial charge is 0.372 e. The summed E-state index contributed by atoms with van der Waals surface area (Å²) in [6, 6.07) is 13.5. The van der Waals surface area contributed by atoms with Gasteiger partial charge in [-0.15, -0.1) is 0 Å². The summed E-state index contributed by atoms with van der Waals surface area (Å²) in [5.41, 5.74) is 3.03. The molecule has 1 heterocycles. The molecule has 3 nitrogen and oxygen atoms in total. The lowest BCUT2D eigenvalue weighted by atomic mass is 10.1. The van der Waals surface area contributed by atoms with Crippen LogP contribution in [0.25, 0.3) is 0 Å². The molecule has 1 aliphatic rings. The zero-order chi connectivity index (χ0) is 16.9. The van der Waals surface area contributed by atoms with Crippen molar-refractivity contribution in [2.75, 3.05) is 24.5 Å². The third-order valence-corrected chi connectivity index (χ3v) is 5.03. The van der Waals surface area contributed by atoms with Crippen molar-refractivity contribution in [1.29, 1.82) is 0 Å². The van der Waals surface area contributed by atoms with Gasteiger partial charge in [-0.2, -0.15) is 0 Å². The zero-order valence-electron chi connectivity index (χ0n) is 13.4. The van der Waals surface area contributed by atoms with Gasteiger partial charge in [-0.1, -0.05) is 35.3 Å². The molecule has 2 aromatic carbocycles. The lowest BCUT2D eigenvalue weighted by Crippen LogP contribution is -2.25. The molecule has 1 N–H and O–H groups in total. The van der Waals surface area contributed by atoms with Gasteiger partial charge in [0, 0.05) is 30.9 Å². The molecule has 0 aliphatic carbocycles. The lowest BCUT2D eigenvalue weighted by molar-refractivity contribution is 0.0954. The molecule has 1 aliphatic heterocycles. The van der Waals surface area contributed by atoms with Crippen LogP contribution in [0.15, 0.2) is 42.5 Å². The topological polar surface area (TPSA) is 32.3 Å². The highest BCUT2D eigenvalue weighted by atomic mass is 35.5. The monoisotopic (exact) mass is 362 g/mol. The number of amides is 1. The summed E-state index contributed by atoms with van der Waals surface area (Å²) in [4.78, 5) is 14.5. The molecule has 0 atom stereocenters. The highest BCUT2D eigenvalue weighted by molar-refractivity contribution is 6.42. The van der Waals surface area contributed by atoms with E-state index < -0.39 is 0 Å². The van der Waals surface area contributed by atoms with Crippen LogP contribution < -0.4 is 10.2 Å². The Morgan fingerprint density at radius 3 is 2.38 bits per heavy atom. The van der Waals surface area contributed by atoms with E-state index in [1.807, 2.05) is 0 Å². The minimum Gasteiger partial charge on any atom is -0.372 e. The molecule has 126 valence electrons. The Hall–Kier alpha value is -1.71. The maximum Gasteiger partial charge on any atom is 0.251 e. The molecular weight excluding hydrogens is 343 g/mol.